The summed E-state index contributed by atoms with van der Waals surface area (Å²) in [6.45, 7) is 25.3. The fraction of sp³-hybridized carbons (Fsp3) is 0.527. The molecule has 1 aromatic heterocycles. The molecule has 13 heteroatoms. The number of benzene rings is 2. The van der Waals surface area contributed by atoms with E-state index in [1.54, 1.807) is 42.8 Å². The van der Waals surface area contributed by atoms with Crippen molar-refractivity contribution in [3.63, 3.8) is 0 Å². The maximum atomic E-state index is 13.5. The van der Waals surface area contributed by atoms with Gasteiger partial charge in [0.2, 0.25) is 17.7 Å². The Kier molecular flexibility index (Phi) is 20.9. The number of piperidine rings is 2. The Hall–Kier alpha value is -5.50. The number of aryl methyl sites for hydroxylation is 3. The number of amides is 3. The summed E-state index contributed by atoms with van der Waals surface area (Å²) in [4.78, 5) is 80.5. The first-order valence-corrected chi connectivity index (χ1v) is 24.5. The van der Waals surface area contributed by atoms with Crippen LogP contribution in [-0.4, -0.2) is 103 Å². The molecule has 2 aromatic carbocycles. The van der Waals surface area contributed by atoms with Crippen molar-refractivity contribution in [1.29, 1.82) is 0 Å². The number of hydrogen-bond donors (Lipinski definition) is 1. The molecular weight excluding hydrogens is 861 g/mol. The zero-order valence-electron chi connectivity index (χ0n) is 42.6. The number of allylic oxidation sites excluding steroid dienone is 1. The summed E-state index contributed by atoms with van der Waals surface area (Å²) in [5, 5.41) is 3.84. The van der Waals surface area contributed by atoms with Crippen LogP contribution in [0.2, 0.25) is 0 Å². The molecule has 0 radical (unpaired) electrons. The van der Waals surface area contributed by atoms with Crippen molar-refractivity contribution >= 4 is 41.4 Å². The highest BCUT2D eigenvalue weighted by atomic mass is 16.5. The second-order valence-corrected chi connectivity index (χ2v) is 17.9. The minimum atomic E-state index is -0.731. The van der Waals surface area contributed by atoms with E-state index in [1.807, 2.05) is 57.9 Å². The van der Waals surface area contributed by atoms with Gasteiger partial charge in [0, 0.05) is 74.0 Å². The first-order valence-electron chi connectivity index (χ1n) is 24.5. The zero-order chi connectivity index (χ0) is 50.3. The lowest BCUT2D eigenvalue weighted by molar-refractivity contribution is -0.137. The molecule has 3 saturated heterocycles. The molecule has 3 amide bonds. The predicted octanol–water partition coefficient (Wildman–Crippen LogP) is 6.88. The molecule has 0 saturated carbocycles. The predicted molar refractivity (Wildman–Crippen MR) is 269 cm³/mol. The van der Waals surface area contributed by atoms with Crippen LogP contribution in [0.5, 0.6) is 5.75 Å². The molecule has 3 aliphatic heterocycles. The van der Waals surface area contributed by atoms with E-state index in [2.05, 4.69) is 49.8 Å². The molecule has 0 bridgehead atoms. The monoisotopic (exact) mass is 937 g/mol. The van der Waals surface area contributed by atoms with E-state index in [1.165, 1.54) is 23.6 Å². The van der Waals surface area contributed by atoms with Crippen LogP contribution in [0.4, 0.5) is 0 Å². The lowest BCUT2D eigenvalue weighted by Gasteiger charge is -2.38. The number of Topliss-reactive ketones (excluding diaryl/α,β-unsaturated/α-hetero) is 2. The summed E-state index contributed by atoms with van der Waals surface area (Å²) in [7, 11) is 3.93. The number of aromatic nitrogens is 1. The van der Waals surface area contributed by atoms with Crippen molar-refractivity contribution in [1.82, 2.24) is 19.7 Å². The van der Waals surface area contributed by atoms with Gasteiger partial charge in [0.1, 0.15) is 12.4 Å². The molecular formula is C55H76N4O9. The molecule has 4 heterocycles. The van der Waals surface area contributed by atoms with Gasteiger partial charge in [-0.3, -0.25) is 39.0 Å². The minimum Gasteiger partial charge on any atom is -0.490 e. The van der Waals surface area contributed by atoms with E-state index in [4.69, 9.17) is 14.2 Å². The van der Waals surface area contributed by atoms with Crippen LogP contribution in [0.15, 0.2) is 54.0 Å². The zero-order valence-corrected chi connectivity index (χ0v) is 42.6. The molecule has 0 aliphatic carbocycles. The van der Waals surface area contributed by atoms with Crippen LogP contribution in [-0.2, 0) is 37.4 Å². The number of nitrogens with zero attached hydrogens (tertiary/aromatic N) is 3. The van der Waals surface area contributed by atoms with Crippen LogP contribution < -0.4 is 26.1 Å². The first kappa shape index (κ1) is 55.1. The number of pyridine rings is 1. The average molecular weight is 937 g/mol. The van der Waals surface area contributed by atoms with Gasteiger partial charge in [0.15, 0.2) is 11.6 Å². The van der Waals surface area contributed by atoms with Crippen LogP contribution in [0.25, 0.3) is 23.3 Å². The molecule has 370 valence electrons. The first-order chi connectivity index (χ1) is 32.6. The van der Waals surface area contributed by atoms with Crippen LogP contribution >= 0.6 is 0 Å². The van der Waals surface area contributed by atoms with E-state index >= 15 is 0 Å². The van der Waals surface area contributed by atoms with Crippen molar-refractivity contribution in [2.24, 2.45) is 24.3 Å². The Morgan fingerprint density at radius 3 is 2.31 bits per heavy atom. The van der Waals surface area contributed by atoms with Crippen LogP contribution in [0.3, 0.4) is 0 Å². The van der Waals surface area contributed by atoms with Crippen molar-refractivity contribution in [3.8, 4) is 16.9 Å². The number of ketones is 2. The SMILES string of the molecule is C=C/C=c1/c(-c2cc(C)c(CN(C)CC3CC4(CCN(C(=O)CCOCCOc5cccc(C(=O)C(C)C6CCC(=O)NC6=O)c5C(C)=O)CC4)CO3)c(C)c2)cn(C)c(=O)/c1=C/C.CC.CC. The number of nitrogens with one attached hydrogen (secondary N) is 1. The van der Waals surface area contributed by atoms with Gasteiger partial charge >= 0.3 is 0 Å². The second kappa shape index (κ2) is 25.7. The number of carbonyl (C=O) groups is 5. The van der Waals surface area contributed by atoms with Gasteiger partial charge in [-0.2, -0.15) is 0 Å². The Morgan fingerprint density at radius 1 is 1.01 bits per heavy atom. The van der Waals surface area contributed by atoms with E-state index in [-0.39, 0.29) is 96.4 Å². The molecule has 3 fully saturated rings. The number of rotatable bonds is 17. The summed E-state index contributed by atoms with van der Waals surface area (Å²) in [6.07, 6.45) is 11.0. The number of likely N-dealkylation sites (N-methyl/N-ethyl adjacent to an activating group) is 1. The Labute approximate surface area is 403 Å². The topological polar surface area (TPSA) is 154 Å². The molecule has 6 rings (SSSR count). The molecule has 3 aromatic rings. The quantitative estimate of drug-likeness (QED) is 0.0862. The van der Waals surface area contributed by atoms with Gasteiger partial charge in [-0.1, -0.05) is 83.7 Å². The van der Waals surface area contributed by atoms with E-state index in [9.17, 15) is 28.8 Å². The van der Waals surface area contributed by atoms with Crippen molar-refractivity contribution in [2.45, 2.75) is 113 Å². The van der Waals surface area contributed by atoms with Crippen molar-refractivity contribution in [3.05, 3.63) is 97.8 Å². The summed E-state index contributed by atoms with van der Waals surface area (Å²) in [5.74, 6) is -2.64. The normalized spacial score (nSPS) is 18.6. The summed E-state index contributed by atoms with van der Waals surface area (Å²) in [6, 6.07) is 9.23. The van der Waals surface area contributed by atoms with E-state index < -0.39 is 17.7 Å². The van der Waals surface area contributed by atoms with Crippen molar-refractivity contribution in [2.75, 3.05) is 53.1 Å². The molecule has 3 unspecified atom stereocenters. The molecule has 1 spiro atoms. The van der Waals surface area contributed by atoms with Gasteiger partial charge in [0.25, 0.3) is 5.56 Å². The maximum absolute atomic E-state index is 13.5. The number of carbonyl (C=O) groups excluding carboxylic acids is 5. The highest BCUT2D eigenvalue weighted by Gasteiger charge is 2.43. The lowest BCUT2D eigenvalue weighted by Crippen LogP contribution is -2.44. The number of ether oxygens (including phenoxy) is 3. The van der Waals surface area contributed by atoms with Gasteiger partial charge in [-0.25, -0.2) is 0 Å². The largest absolute Gasteiger partial charge is 0.490 e. The Balaban J connectivity index is 0.00000245. The standard InChI is InChI=1S/C51H64N4O9.2C2H6/c1-9-12-40-38(10-2)50(61)54(8)30-43(40)36-25-32(3)42(33(4)26-36)29-53(7)28-37-27-51(31-64-37)18-20-55(21-19-51)46(58)17-22-62-23-24-63-44-14-11-13-41(47(44)35(6)56)48(59)34(5)39-15-16-45(57)52-49(39)60;2*1-2/h9-14,25-26,30,34,37,39H,1,15-24,27-29,31H2,2-8H3,(H,52,57,60);2*1-2H3/b38-10+,40-12+;;. The lowest BCUT2D eigenvalue weighted by atomic mass is 9.76. The third-order valence-electron chi connectivity index (χ3n) is 13.3. The van der Waals surface area contributed by atoms with E-state index in [0.717, 1.165) is 48.7 Å². The second-order valence-electron chi connectivity index (χ2n) is 17.9. The third kappa shape index (κ3) is 13.4. The van der Waals surface area contributed by atoms with Gasteiger partial charge in [0.05, 0.1) is 37.9 Å². The van der Waals surface area contributed by atoms with Crippen LogP contribution in [0, 0.1) is 31.1 Å². The number of likely N-dealkylation sites (tertiary alicyclic amines) is 1. The van der Waals surface area contributed by atoms with Crippen molar-refractivity contribution < 1.29 is 38.2 Å². The summed E-state index contributed by atoms with van der Waals surface area (Å²) in [5.41, 5.74) is 6.09. The summed E-state index contributed by atoms with van der Waals surface area (Å²) >= 11 is 0. The summed E-state index contributed by atoms with van der Waals surface area (Å²) < 4.78 is 19.7. The van der Waals surface area contributed by atoms with E-state index in [0.29, 0.717) is 24.9 Å². The van der Waals surface area contributed by atoms with Gasteiger partial charge < -0.3 is 23.7 Å². The molecule has 3 atom stereocenters. The fourth-order valence-electron chi connectivity index (χ4n) is 9.72. The maximum Gasteiger partial charge on any atom is 0.257 e. The number of imide groups is 1. The third-order valence-corrected chi connectivity index (χ3v) is 13.3. The average Bonchev–Trinajstić information content (AvgIpc) is 3.71. The van der Waals surface area contributed by atoms with Gasteiger partial charge in [-0.05, 0) is 99.4 Å². The fourth-order valence-corrected chi connectivity index (χ4v) is 9.72. The Bertz CT molecular complexity index is 2460. The molecule has 13 nitrogen and oxygen atoms in total. The highest BCUT2D eigenvalue weighted by molar-refractivity contribution is 6.12. The van der Waals surface area contributed by atoms with Gasteiger partial charge in [-0.15, -0.1) is 0 Å². The van der Waals surface area contributed by atoms with Crippen LogP contribution in [0.1, 0.15) is 124 Å². The molecule has 68 heavy (non-hydrogen) atoms. The molecule has 3 aliphatic rings. The minimum absolute atomic E-state index is 0.0331. The highest BCUT2D eigenvalue weighted by Crippen LogP contribution is 2.42. The number of hydrogen-bond acceptors (Lipinski definition) is 10. The molecule has 1 N–H and O–H groups in total. The smallest absolute Gasteiger partial charge is 0.257 e. The Morgan fingerprint density at radius 2 is 1.69 bits per heavy atom.